The monoisotopic (exact) mass is 246 g/mol. The number of anilines is 1. The van der Waals surface area contributed by atoms with Gasteiger partial charge in [0.1, 0.15) is 0 Å². The Balaban J connectivity index is 1.73. The Labute approximate surface area is 109 Å². The van der Waals surface area contributed by atoms with E-state index in [0.717, 1.165) is 38.2 Å². The number of hydrogen-bond acceptors (Lipinski definition) is 2. The molecule has 1 aromatic rings. The number of rotatable bonds is 4. The summed E-state index contributed by atoms with van der Waals surface area (Å²) in [6.07, 6.45) is 4.19. The molecule has 2 rings (SSSR count). The van der Waals surface area contributed by atoms with Crippen LogP contribution in [0.15, 0.2) is 24.3 Å². The summed E-state index contributed by atoms with van der Waals surface area (Å²) in [5.41, 5.74) is 2.34. The normalized spacial score (nSPS) is 15.5. The third-order valence-corrected chi connectivity index (χ3v) is 3.39. The van der Waals surface area contributed by atoms with Crippen molar-refractivity contribution in [3.8, 4) is 0 Å². The third kappa shape index (κ3) is 3.76. The molecule has 1 saturated heterocycles. The molecule has 0 aliphatic carbocycles. The lowest BCUT2D eigenvalue weighted by Gasteiger charge is -2.26. The maximum Gasteiger partial charge on any atom is 0.224 e. The van der Waals surface area contributed by atoms with Crippen LogP contribution in [0.2, 0.25) is 0 Å². The van der Waals surface area contributed by atoms with Crippen LogP contribution < -0.4 is 5.32 Å². The van der Waals surface area contributed by atoms with Gasteiger partial charge in [-0.2, -0.15) is 0 Å². The minimum Gasteiger partial charge on any atom is -0.385 e. The van der Waals surface area contributed by atoms with Gasteiger partial charge in [0.25, 0.3) is 0 Å². The topological polar surface area (TPSA) is 32.3 Å². The molecule has 1 aliphatic heterocycles. The second kappa shape index (κ2) is 6.43. The van der Waals surface area contributed by atoms with E-state index < -0.39 is 0 Å². The van der Waals surface area contributed by atoms with Crippen molar-refractivity contribution < 1.29 is 4.79 Å². The van der Waals surface area contributed by atoms with Crippen molar-refractivity contribution in [1.29, 1.82) is 0 Å². The predicted molar refractivity (Wildman–Crippen MR) is 74.7 cm³/mol. The molecule has 18 heavy (non-hydrogen) atoms. The summed E-state index contributed by atoms with van der Waals surface area (Å²) in [4.78, 5) is 13.9. The van der Waals surface area contributed by atoms with Crippen LogP contribution in [0.1, 0.15) is 31.2 Å². The Kier molecular flexibility index (Phi) is 4.62. The lowest BCUT2D eigenvalue weighted by molar-refractivity contribution is -0.131. The summed E-state index contributed by atoms with van der Waals surface area (Å²) in [6, 6.07) is 8.25. The van der Waals surface area contributed by atoms with Gasteiger partial charge in [-0.25, -0.2) is 0 Å². The van der Waals surface area contributed by atoms with E-state index in [9.17, 15) is 4.79 Å². The maximum absolute atomic E-state index is 11.9. The van der Waals surface area contributed by atoms with Gasteiger partial charge in [0.2, 0.25) is 5.91 Å². The Morgan fingerprint density at radius 2 is 2.06 bits per heavy atom. The molecule has 98 valence electrons. The molecule has 1 heterocycles. The summed E-state index contributed by atoms with van der Waals surface area (Å²) >= 11 is 0. The van der Waals surface area contributed by atoms with E-state index >= 15 is 0 Å². The fourth-order valence-electron chi connectivity index (χ4n) is 2.37. The van der Waals surface area contributed by atoms with Crippen molar-refractivity contribution >= 4 is 11.6 Å². The van der Waals surface area contributed by atoms with Crippen LogP contribution in [-0.2, 0) is 4.79 Å². The highest BCUT2D eigenvalue weighted by Crippen LogP contribution is 2.11. The molecule has 0 unspecified atom stereocenters. The molecule has 1 amide bonds. The first-order valence-electron chi connectivity index (χ1n) is 6.84. The minimum atomic E-state index is 0.287. The highest BCUT2D eigenvalue weighted by Gasteiger charge is 2.15. The summed E-state index contributed by atoms with van der Waals surface area (Å²) in [6.45, 7) is 4.69. The average Bonchev–Trinajstić information content (AvgIpc) is 2.40. The molecule has 0 bridgehead atoms. The number of nitrogens with one attached hydrogen (secondary N) is 1. The minimum absolute atomic E-state index is 0.287. The molecule has 0 aromatic heterocycles. The van der Waals surface area contributed by atoms with Gasteiger partial charge in [0.15, 0.2) is 0 Å². The fourth-order valence-corrected chi connectivity index (χ4v) is 2.37. The first kappa shape index (κ1) is 12.9. The number of amides is 1. The lowest BCUT2D eigenvalue weighted by Crippen LogP contribution is -2.36. The van der Waals surface area contributed by atoms with Gasteiger partial charge in [0, 0.05) is 31.7 Å². The number of aryl methyl sites for hydroxylation is 1. The molecular weight excluding hydrogens is 224 g/mol. The van der Waals surface area contributed by atoms with E-state index in [-0.39, 0.29) is 5.91 Å². The van der Waals surface area contributed by atoms with Crippen LogP contribution in [0.4, 0.5) is 5.69 Å². The van der Waals surface area contributed by atoms with E-state index in [2.05, 4.69) is 24.4 Å². The first-order valence-corrected chi connectivity index (χ1v) is 6.84. The van der Waals surface area contributed by atoms with Crippen molar-refractivity contribution in [3.63, 3.8) is 0 Å². The molecule has 3 nitrogen and oxygen atoms in total. The Morgan fingerprint density at radius 1 is 1.28 bits per heavy atom. The second-order valence-electron chi connectivity index (χ2n) is 4.99. The number of carbonyl (C=O) groups excluding carboxylic acids is 1. The molecule has 1 aromatic carbocycles. The van der Waals surface area contributed by atoms with Crippen LogP contribution in [0.5, 0.6) is 0 Å². The number of hydrogen-bond donors (Lipinski definition) is 1. The molecule has 1 N–H and O–H groups in total. The summed E-state index contributed by atoms with van der Waals surface area (Å²) < 4.78 is 0. The molecular formula is C15H22N2O. The van der Waals surface area contributed by atoms with Gasteiger partial charge in [-0.3, -0.25) is 4.79 Å². The van der Waals surface area contributed by atoms with E-state index in [1.807, 2.05) is 17.0 Å². The van der Waals surface area contributed by atoms with Crippen LogP contribution in [0.25, 0.3) is 0 Å². The lowest BCUT2D eigenvalue weighted by atomic mass is 10.1. The summed E-state index contributed by atoms with van der Waals surface area (Å²) in [5, 5.41) is 3.31. The fraction of sp³-hybridized carbons (Fsp3) is 0.533. The van der Waals surface area contributed by atoms with Crippen molar-refractivity contribution in [2.75, 3.05) is 25.0 Å². The molecule has 0 radical (unpaired) electrons. The van der Waals surface area contributed by atoms with E-state index in [1.54, 1.807) is 0 Å². The van der Waals surface area contributed by atoms with Crippen molar-refractivity contribution in [2.24, 2.45) is 0 Å². The average molecular weight is 246 g/mol. The van der Waals surface area contributed by atoms with E-state index in [4.69, 9.17) is 0 Å². The van der Waals surface area contributed by atoms with Crippen molar-refractivity contribution in [1.82, 2.24) is 4.90 Å². The van der Waals surface area contributed by atoms with Crippen LogP contribution in [-0.4, -0.2) is 30.4 Å². The Hall–Kier alpha value is -1.51. The van der Waals surface area contributed by atoms with Gasteiger partial charge in [-0.1, -0.05) is 12.1 Å². The zero-order chi connectivity index (χ0) is 12.8. The zero-order valence-electron chi connectivity index (χ0n) is 11.1. The molecule has 0 atom stereocenters. The highest BCUT2D eigenvalue weighted by molar-refractivity contribution is 5.76. The maximum atomic E-state index is 11.9. The number of likely N-dealkylation sites (tertiary alicyclic amines) is 1. The van der Waals surface area contributed by atoms with Crippen LogP contribution >= 0.6 is 0 Å². The summed E-state index contributed by atoms with van der Waals surface area (Å²) in [7, 11) is 0. The highest BCUT2D eigenvalue weighted by atomic mass is 16.2. The van der Waals surface area contributed by atoms with Crippen LogP contribution in [0.3, 0.4) is 0 Å². The quantitative estimate of drug-likeness (QED) is 0.886. The standard InChI is InChI=1S/C15H22N2O/c1-13-6-5-7-14(12-13)16-9-8-15(18)17-10-3-2-4-11-17/h5-7,12,16H,2-4,8-11H2,1H3. The molecule has 1 aliphatic rings. The number of benzene rings is 1. The second-order valence-corrected chi connectivity index (χ2v) is 4.99. The Morgan fingerprint density at radius 3 is 2.78 bits per heavy atom. The van der Waals surface area contributed by atoms with Crippen LogP contribution in [0, 0.1) is 6.92 Å². The van der Waals surface area contributed by atoms with Gasteiger partial charge >= 0.3 is 0 Å². The van der Waals surface area contributed by atoms with Crippen molar-refractivity contribution in [3.05, 3.63) is 29.8 Å². The zero-order valence-corrected chi connectivity index (χ0v) is 11.1. The van der Waals surface area contributed by atoms with Crippen molar-refractivity contribution in [2.45, 2.75) is 32.6 Å². The first-order chi connectivity index (χ1) is 8.75. The largest absolute Gasteiger partial charge is 0.385 e. The SMILES string of the molecule is Cc1cccc(NCCC(=O)N2CCCCC2)c1. The molecule has 1 fully saturated rings. The smallest absolute Gasteiger partial charge is 0.224 e. The van der Waals surface area contributed by atoms with E-state index in [1.165, 1.54) is 12.0 Å². The molecule has 0 saturated carbocycles. The summed E-state index contributed by atoms with van der Waals surface area (Å²) in [5.74, 6) is 0.287. The Bertz CT molecular complexity index is 397. The van der Waals surface area contributed by atoms with E-state index in [0.29, 0.717) is 6.42 Å². The number of piperidine rings is 1. The third-order valence-electron chi connectivity index (χ3n) is 3.39. The number of carbonyl (C=O) groups is 1. The molecule has 0 spiro atoms. The van der Waals surface area contributed by atoms with Gasteiger partial charge in [0.05, 0.1) is 0 Å². The van der Waals surface area contributed by atoms with Gasteiger partial charge < -0.3 is 10.2 Å². The van der Waals surface area contributed by atoms with Gasteiger partial charge in [-0.05, 0) is 43.9 Å². The van der Waals surface area contributed by atoms with Gasteiger partial charge in [-0.15, -0.1) is 0 Å². The molecule has 3 heteroatoms. The number of nitrogens with zero attached hydrogens (tertiary/aromatic N) is 1. The predicted octanol–water partition coefficient (Wildman–Crippen LogP) is 2.81.